The standard InChI is InChI=1S/C11H18N2/c1-4-11-12-10(9-5-6-9)7-13(11)8(2)3/h7-9H,4-6H2,1-3H3. The molecule has 1 fully saturated rings. The molecular formula is C11H18N2. The normalized spacial score (nSPS) is 16.9. The van der Waals surface area contributed by atoms with E-state index in [1.54, 1.807) is 0 Å². The summed E-state index contributed by atoms with van der Waals surface area (Å²) in [5.41, 5.74) is 1.32. The molecule has 1 aliphatic carbocycles. The quantitative estimate of drug-likeness (QED) is 0.696. The van der Waals surface area contributed by atoms with E-state index in [2.05, 4.69) is 36.5 Å². The number of hydrogen-bond acceptors (Lipinski definition) is 1. The van der Waals surface area contributed by atoms with Crippen molar-refractivity contribution in [2.75, 3.05) is 0 Å². The van der Waals surface area contributed by atoms with E-state index in [0.29, 0.717) is 6.04 Å². The fourth-order valence-electron chi connectivity index (χ4n) is 1.74. The van der Waals surface area contributed by atoms with Crippen LogP contribution in [0.25, 0.3) is 0 Å². The van der Waals surface area contributed by atoms with E-state index in [-0.39, 0.29) is 0 Å². The number of aryl methyl sites for hydroxylation is 1. The molecule has 0 amide bonds. The van der Waals surface area contributed by atoms with E-state index in [9.17, 15) is 0 Å². The second-order valence-corrected chi connectivity index (χ2v) is 4.21. The molecule has 0 aliphatic heterocycles. The zero-order valence-electron chi connectivity index (χ0n) is 8.75. The molecule has 0 atom stereocenters. The summed E-state index contributed by atoms with van der Waals surface area (Å²) in [6.07, 6.45) is 5.99. The summed E-state index contributed by atoms with van der Waals surface area (Å²) in [5, 5.41) is 0. The monoisotopic (exact) mass is 178 g/mol. The van der Waals surface area contributed by atoms with E-state index in [4.69, 9.17) is 0 Å². The second-order valence-electron chi connectivity index (χ2n) is 4.21. The molecular weight excluding hydrogens is 160 g/mol. The Morgan fingerprint density at radius 1 is 1.54 bits per heavy atom. The Morgan fingerprint density at radius 2 is 2.23 bits per heavy atom. The smallest absolute Gasteiger partial charge is 0.108 e. The van der Waals surface area contributed by atoms with Crippen molar-refractivity contribution in [1.29, 1.82) is 0 Å². The maximum atomic E-state index is 4.67. The third kappa shape index (κ3) is 1.62. The molecule has 1 aromatic heterocycles. The molecule has 0 saturated heterocycles. The van der Waals surface area contributed by atoms with E-state index >= 15 is 0 Å². The van der Waals surface area contributed by atoms with Gasteiger partial charge in [0, 0.05) is 24.6 Å². The highest BCUT2D eigenvalue weighted by Crippen LogP contribution is 2.39. The second kappa shape index (κ2) is 3.17. The maximum Gasteiger partial charge on any atom is 0.108 e. The first-order chi connectivity index (χ1) is 6.22. The molecule has 2 nitrogen and oxygen atoms in total. The largest absolute Gasteiger partial charge is 0.332 e. The molecule has 0 spiro atoms. The fourth-order valence-corrected chi connectivity index (χ4v) is 1.74. The van der Waals surface area contributed by atoms with Crippen molar-refractivity contribution >= 4 is 0 Å². The summed E-state index contributed by atoms with van der Waals surface area (Å²) >= 11 is 0. The predicted octanol–water partition coefficient (Wildman–Crippen LogP) is 2.90. The van der Waals surface area contributed by atoms with Gasteiger partial charge in [-0.05, 0) is 26.7 Å². The average Bonchev–Trinajstić information content (AvgIpc) is 2.84. The van der Waals surface area contributed by atoms with Gasteiger partial charge >= 0.3 is 0 Å². The Labute approximate surface area is 80.0 Å². The molecule has 0 unspecified atom stereocenters. The van der Waals surface area contributed by atoms with Gasteiger partial charge in [-0.25, -0.2) is 4.98 Å². The summed E-state index contributed by atoms with van der Waals surface area (Å²) in [6, 6.07) is 0.551. The third-order valence-electron chi connectivity index (χ3n) is 2.70. The Kier molecular flexibility index (Phi) is 2.14. The zero-order valence-corrected chi connectivity index (χ0v) is 8.75. The van der Waals surface area contributed by atoms with Crippen molar-refractivity contribution < 1.29 is 0 Å². The van der Waals surface area contributed by atoms with E-state index in [0.717, 1.165) is 12.3 Å². The Bertz CT molecular complexity index is 295. The summed E-state index contributed by atoms with van der Waals surface area (Å²) < 4.78 is 2.31. The molecule has 72 valence electrons. The number of rotatable bonds is 3. The van der Waals surface area contributed by atoms with Gasteiger partial charge in [0.2, 0.25) is 0 Å². The van der Waals surface area contributed by atoms with Gasteiger partial charge in [0.05, 0.1) is 5.69 Å². The van der Waals surface area contributed by atoms with Crippen molar-refractivity contribution in [3.63, 3.8) is 0 Å². The predicted molar refractivity (Wildman–Crippen MR) is 54.0 cm³/mol. The molecule has 2 rings (SSSR count). The van der Waals surface area contributed by atoms with Crippen molar-refractivity contribution in [1.82, 2.24) is 9.55 Å². The van der Waals surface area contributed by atoms with Gasteiger partial charge in [0.15, 0.2) is 0 Å². The topological polar surface area (TPSA) is 17.8 Å². The molecule has 0 bridgehead atoms. The van der Waals surface area contributed by atoms with Gasteiger partial charge < -0.3 is 4.57 Å². The van der Waals surface area contributed by atoms with Gasteiger partial charge in [-0.2, -0.15) is 0 Å². The molecule has 0 N–H and O–H groups in total. The molecule has 1 aromatic rings. The van der Waals surface area contributed by atoms with Crippen LogP contribution in [0.5, 0.6) is 0 Å². The SMILES string of the molecule is CCc1nc(C2CC2)cn1C(C)C. The van der Waals surface area contributed by atoms with Gasteiger partial charge in [0.25, 0.3) is 0 Å². The van der Waals surface area contributed by atoms with E-state index < -0.39 is 0 Å². The number of aromatic nitrogens is 2. The van der Waals surface area contributed by atoms with Crippen LogP contribution in [0.2, 0.25) is 0 Å². The highest BCUT2D eigenvalue weighted by Gasteiger charge is 2.27. The molecule has 2 heteroatoms. The lowest BCUT2D eigenvalue weighted by molar-refractivity contribution is 0.571. The Hall–Kier alpha value is -0.790. The summed E-state index contributed by atoms with van der Waals surface area (Å²) in [4.78, 5) is 4.67. The van der Waals surface area contributed by atoms with Crippen molar-refractivity contribution in [3.05, 3.63) is 17.7 Å². The molecule has 1 saturated carbocycles. The van der Waals surface area contributed by atoms with Gasteiger partial charge in [-0.3, -0.25) is 0 Å². The lowest BCUT2D eigenvalue weighted by atomic mass is 10.3. The van der Waals surface area contributed by atoms with Crippen molar-refractivity contribution in [2.24, 2.45) is 0 Å². The molecule has 0 radical (unpaired) electrons. The van der Waals surface area contributed by atoms with Crippen LogP contribution in [0.1, 0.15) is 57.1 Å². The van der Waals surface area contributed by atoms with Crippen LogP contribution in [-0.2, 0) is 6.42 Å². The fraction of sp³-hybridized carbons (Fsp3) is 0.727. The van der Waals surface area contributed by atoms with Crippen LogP contribution in [0.3, 0.4) is 0 Å². The third-order valence-corrected chi connectivity index (χ3v) is 2.70. The Morgan fingerprint density at radius 3 is 2.62 bits per heavy atom. The molecule has 13 heavy (non-hydrogen) atoms. The summed E-state index contributed by atoms with van der Waals surface area (Å²) in [7, 11) is 0. The minimum Gasteiger partial charge on any atom is -0.332 e. The highest BCUT2D eigenvalue weighted by atomic mass is 15.1. The van der Waals surface area contributed by atoms with E-state index in [1.165, 1.54) is 24.4 Å². The number of hydrogen-bond donors (Lipinski definition) is 0. The van der Waals surface area contributed by atoms with Crippen LogP contribution in [0.15, 0.2) is 6.20 Å². The summed E-state index contributed by atoms with van der Waals surface area (Å²) in [6.45, 7) is 6.62. The molecule has 1 heterocycles. The van der Waals surface area contributed by atoms with Gasteiger partial charge in [0.1, 0.15) is 5.82 Å². The minimum atomic E-state index is 0.551. The molecule has 1 aliphatic rings. The van der Waals surface area contributed by atoms with E-state index in [1.807, 2.05) is 0 Å². The first kappa shape index (κ1) is 8.79. The Balaban J connectivity index is 2.30. The lowest BCUT2D eigenvalue weighted by Gasteiger charge is -2.09. The number of imidazole rings is 1. The lowest BCUT2D eigenvalue weighted by Crippen LogP contribution is -2.03. The van der Waals surface area contributed by atoms with Crippen LogP contribution in [0.4, 0.5) is 0 Å². The highest BCUT2D eigenvalue weighted by molar-refractivity contribution is 5.15. The first-order valence-electron chi connectivity index (χ1n) is 5.30. The van der Waals surface area contributed by atoms with Gasteiger partial charge in [-0.1, -0.05) is 6.92 Å². The van der Waals surface area contributed by atoms with Crippen LogP contribution in [-0.4, -0.2) is 9.55 Å². The van der Waals surface area contributed by atoms with Crippen molar-refractivity contribution in [2.45, 2.75) is 52.0 Å². The minimum absolute atomic E-state index is 0.551. The average molecular weight is 178 g/mol. The first-order valence-corrected chi connectivity index (χ1v) is 5.30. The van der Waals surface area contributed by atoms with Gasteiger partial charge in [-0.15, -0.1) is 0 Å². The molecule has 0 aromatic carbocycles. The van der Waals surface area contributed by atoms with Crippen molar-refractivity contribution in [3.8, 4) is 0 Å². The zero-order chi connectivity index (χ0) is 9.42. The number of nitrogens with zero attached hydrogens (tertiary/aromatic N) is 2. The van der Waals surface area contributed by atoms with Crippen LogP contribution >= 0.6 is 0 Å². The van der Waals surface area contributed by atoms with Crippen LogP contribution < -0.4 is 0 Å². The van der Waals surface area contributed by atoms with Crippen LogP contribution in [0, 0.1) is 0 Å². The maximum absolute atomic E-state index is 4.67. The summed E-state index contributed by atoms with van der Waals surface area (Å²) in [5.74, 6) is 2.03.